The van der Waals surface area contributed by atoms with Crippen LogP contribution in [0, 0.1) is 18.7 Å². The third kappa shape index (κ3) is 3.95. The third-order valence-corrected chi connectivity index (χ3v) is 5.07. The molecule has 0 aromatic carbocycles. The van der Waals surface area contributed by atoms with E-state index in [9.17, 15) is 9.50 Å². The SMILES string of the molecule is Cc1nn(C2CC2)cc1Nc1ncc(F)c(OCC2CCC(O)CC2)n1. The van der Waals surface area contributed by atoms with Crippen LogP contribution in [-0.2, 0) is 0 Å². The monoisotopic (exact) mass is 361 g/mol. The van der Waals surface area contributed by atoms with Gasteiger partial charge in [-0.25, -0.2) is 4.98 Å². The molecule has 0 bridgehead atoms. The molecule has 4 rings (SSSR count). The van der Waals surface area contributed by atoms with E-state index < -0.39 is 5.82 Å². The zero-order valence-electron chi connectivity index (χ0n) is 14.9. The Morgan fingerprint density at radius 1 is 1.27 bits per heavy atom. The molecule has 0 unspecified atom stereocenters. The number of hydrogen-bond acceptors (Lipinski definition) is 6. The molecule has 140 valence electrons. The van der Waals surface area contributed by atoms with Gasteiger partial charge in [0.25, 0.3) is 5.88 Å². The van der Waals surface area contributed by atoms with Crippen molar-refractivity contribution in [2.75, 3.05) is 11.9 Å². The molecule has 26 heavy (non-hydrogen) atoms. The molecule has 0 aliphatic heterocycles. The van der Waals surface area contributed by atoms with Crippen molar-refractivity contribution < 1.29 is 14.2 Å². The number of aryl methyl sites for hydroxylation is 1. The van der Waals surface area contributed by atoms with Gasteiger partial charge in [-0.15, -0.1) is 0 Å². The number of aliphatic hydroxyl groups excluding tert-OH is 1. The van der Waals surface area contributed by atoms with Crippen molar-refractivity contribution in [1.82, 2.24) is 19.7 Å². The van der Waals surface area contributed by atoms with Gasteiger partial charge in [0, 0.05) is 6.20 Å². The topological polar surface area (TPSA) is 85.1 Å². The van der Waals surface area contributed by atoms with Crippen molar-refractivity contribution in [1.29, 1.82) is 0 Å². The zero-order chi connectivity index (χ0) is 18.1. The molecule has 0 spiro atoms. The van der Waals surface area contributed by atoms with Crippen molar-refractivity contribution >= 4 is 11.6 Å². The highest BCUT2D eigenvalue weighted by molar-refractivity contribution is 5.55. The standard InChI is InChI=1S/C18H24FN5O2/c1-11-16(9-24(23-11)13-4-5-13)21-18-20-8-15(19)17(22-18)26-10-12-2-6-14(25)7-3-12/h8-9,12-14,25H,2-7,10H2,1H3,(H,20,21,22). The van der Waals surface area contributed by atoms with Gasteiger partial charge in [-0.1, -0.05) is 0 Å². The first-order chi connectivity index (χ1) is 12.6. The van der Waals surface area contributed by atoms with Gasteiger partial charge in [0.15, 0.2) is 0 Å². The van der Waals surface area contributed by atoms with Gasteiger partial charge < -0.3 is 15.2 Å². The van der Waals surface area contributed by atoms with E-state index >= 15 is 0 Å². The van der Waals surface area contributed by atoms with Crippen molar-refractivity contribution in [3.63, 3.8) is 0 Å². The van der Waals surface area contributed by atoms with E-state index in [-0.39, 0.29) is 12.0 Å². The summed E-state index contributed by atoms with van der Waals surface area (Å²) in [6, 6.07) is 0.492. The average Bonchev–Trinajstić information content (AvgIpc) is 3.41. The maximum atomic E-state index is 14.0. The van der Waals surface area contributed by atoms with Gasteiger partial charge >= 0.3 is 0 Å². The Hall–Kier alpha value is -2.22. The number of ether oxygens (including phenoxy) is 1. The maximum Gasteiger partial charge on any atom is 0.255 e. The van der Waals surface area contributed by atoms with Crippen molar-refractivity contribution in [2.24, 2.45) is 5.92 Å². The number of nitrogens with zero attached hydrogens (tertiary/aromatic N) is 4. The number of halogens is 1. The summed E-state index contributed by atoms with van der Waals surface area (Å²) in [5.41, 5.74) is 1.67. The number of aliphatic hydroxyl groups is 1. The zero-order valence-corrected chi connectivity index (χ0v) is 14.9. The van der Waals surface area contributed by atoms with Crippen molar-refractivity contribution in [2.45, 2.75) is 57.6 Å². The van der Waals surface area contributed by atoms with Gasteiger partial charge in [-0.2, -0.15) is 14.5 Å². The second-order valence-corrected chi connectivity index (χ2v) is 7.30. The lowest BCUT2D eigenvalue weighted by Crippen LogP contribution is -2.23. The lowest BCUT2D eigenvalue weighted by molar-refractivity contribution is 0.0899. The molecular weight excluding hydrogens is 337 g/mol. The molecule has 2 aromatic rings. The molecule has 2 N–H and O–H groups in total. The highest BCUT2D eigenvalue weighted by Gasteiger charge is 2.25. The molecule has 0 atom stereocenters. The first kappa shape index (κ1) is 17.2. The lowest BCUT2D eigenvalue weighted by Gasteiger charge is -2.25. The third-order valence-electron chi connectivity index (χ3n) is 5.07. The summed E-state index contributed by atoms with van der Waals surface area (Å²) in [5.74, 6) is -0.000225. The summed E-state index contributed by atoms with van der Waals surface area (Å²) in [6.07, 6.45) is 8.49. The molecule has 0 radical (unpaired) electrons. The Morgan fingerprint density at radius 2 is 2.04 bits per heavy atom. The second kappa shape index (κ2) is 7.19. The minimum Gasteiger partial charge on any atom is -0.475 e. The highest BCUT2D eigenvalue weighted by atomic mass is 19.1. The molecule has 2 aliphatic carbocycles. The van der Waals surface area contributed by atoms with E-state index in [1.54, 1.807) is 0 Å². The summed E-state index contributed by atoms with van der Waals surface area (Å²) in [5, 5.41) is 17.1. The Bertz CT molecular complexity index is 769. The molecule has 2 aliphatic rings. The van der Waals surface area contributed by atoms with E-state index in [0.717, 1.165) is 56.1 Å². The first-order valence-electron chi connectivity index (χ1n) is 9.24. The summed E-state index contributed by atoms with van der Waals surface area (Å²) >= 11 is 0. The fraction of sp³-hybridized carbons (Fsp3) is 0.611. The Morgan fingerprint density at radius 3 is 2.77 bits per heavy atom. The normalized spacial score (nSPS) is 23.0. The van der Waals surface area contributed by atoms with Crippen LogP contribution in [0.25, 0.3) is 0 Å². The van der Waals surface area contributed by atoms with E-state index in [1.807, 2.05) is 17.8 Å². The van der Waals surface area contributed by atoms with Gasteiger partial charge in [0.2, 0.25) is 11.8 Å². The summed E-state index contributed by atoms with van der Waals surface area (Å²) < 4.78 is 21.5. The Kier molecular flexibility index (Phi) is 4.76. The molecule has 0 saturated heterocycles. The minimum atomic E-state index is -0.572. The summed E-state index contributed by atoms with van der Waals surface area (Å²) in [4.78, 5) is 8.17. The quantitative estimate of drug-likeness (QED) is 0.822. The maximum absolute atomic E-state index is 14.0. The van der Waals surface area contributed by atoms with Gasteiger partial charge in [0.05, 0.1) is 36.3 Å². The van der Waals surface area contributed by atoms with Crippen LogP contribution < -0.4 is 10.1 Å². The predicted octanol–water partition coefficient (Wildman–Crippen LogP) is 3.13. The number of rotatable bonds is 6. The van der Waals surface area contributed by atoms with E-state index in [2.05, 4.69) is 20.4 Å². The van der Waals surface area contributed by atoms with E-state index in [1.165, 1.54) is 0 Å². The number of anilines is 2. The first-order valence-corrected chi connectivity index (χ1v) is 9.24. The molecule has 8 heteroatoms. The van der Waals surface area contributed by atoms with Crippen LogP contribution in [0.2, 0.25) is 0 Å². The fourth-order valence-electron chi connectivity index (χ4n) is 3.27. The van der Waals surface area contributed by atoms with Crippen molar-refractivity contribution in [3.05, 3.63) is 23.9 Å². The molecule has 2 heterocycles. The predicted molar refractivity (Wildman–Crippen MR) is 94.0 cm³/mol. The molecule has 2 aromatic heterocycles. The van der Waals surface area contributed by atoms with Crippen LogP contribution in [0.15, 0.2) is 12.4 Å². The largest absolute Gasteiger partial charge is 0.475 e. The molecule has 0 amide bonds. The summed E-state index contributed by atoms with van der Waals surface area (Å²) in [6.45, 7) is 2.32. The summed E-state index contributed by atoms with van der Waals surface area (Å²) in [7, 11) is 0. The van der Waals surface area contributed by atoms with Crippen molar-refractivity contribution in [3.8, 4) is 5.88 Å². The van der Waals surface area contributed by atoms with Crippen LogP contribution >= 0.6 is 0 Å². The highest BCUT2D eigenvalue weighted by Crippen LogP contribution is 2.35. The molecule has 2 saturated carbocycles. The molecular formula is C18H24FN5O2. The Labute approximate surface area is 151 Å². The van der Waals surface area contributed by atoms with Gasteiger partial charge in [-0.05, 0) is 51.4 Å². The van der Waals surface area contributed by atoms with E-state index in [0.29, 0.717) is 24.5 Å². The number of aromatic nitrogens is 4. The van der Waals surface area contributed by atoms with Crippen LogP contribution in [0.3, 0.4) is 0 Å². The lowest BCUT2D eigenvalue weighted by atomic mass is 9.88. The van der Waals surface area contributed by atoms with E-state index in [4.69, 9.17) is 4.74 Å². The van der Waals surface area contributed by atoms with Crippen LogP contribution in [0.5, 0.6) is 5.88 Å². The van der Waals surface area contributed by atoms with Gasteiger partial charge in [-0.3, -0.25) is 4.68 Å². The number of hydrogen-bond donors (Lipinski definition) is 2. The minimum absolute atomic E-state index is 0.0409. The number of nitrogens with one attached hydrogen (secondary N) is 1. The van der Waals surface area contributed by atoms with Crippen LogP contribution in [-0.4, -0.2) is 37.6 Å². The smallest absolute Gasteiger partial charge is 0.255 e. The van der Waals surface area contributed by atoms with Crippen LogP contribution in [0.1, 0.15) is 50.3 Å². The fourth-order valence-corrected chi connectivity index (χ4v) is 3.27. The average molecular weight is 361 g/mol. The molecule has 7 nitrogen and oxygen atoms in total. The molecule has 2 fully saturated rings. The second-order valence-electron chi connectivity index (χ2n) is 7.30. The van der Waals surface area contributed by atoms with Crippen LogP contribution in [0.4, 0.5) is 16.0 Å². The Balaban J connectivity index is 1.40. The van der Waals surface area contributed by atoms with Gasteiger partial charge in [0.1, 0.15) is 0 Å².